The van der Waals surface area contributed by atoms with Gasteiger partial charge in [-0.1, -0.05) is 24.5 Å². The summed E-state index contributed by atoms with van der Waals surface area (Å²) in [6.07, 6.45) is 1.02. The zero-order valence-electron chi connectivity index (χ0n) is 6.76. The van der Waals surface area contributed by atoms with Gasteiger partial charge in [0.25, 0.3) is 5.56 Å². The van der Waals surface area contributed by atoms with E-state index in [1.807, 2.05) is 12.1 Å². The van der Waals surface area contributed by atoms with Gasteiger partial charge in [-0.3, -0.25) is 9.17 Å². The molecule has 0 radical (unpaired) electrons. The van der Waals surface area contributed by atoms with Crippen LogP contribution in [0.25, 0.3) is 10.1 Å². The first-order valence-corrected chi connectivity index (χ1v) is 4.73. The Hall–Kier alpha value is -1.09. The molecule has 0 amide bonds. The lowest BCUT2D eigenvalue weighted by Crippen LogP contribution is -1.95. The summed E-state index contributed by atoms with van der Waals surface area (Å²) in [5, 5.41) is 0.803. The van der Waals surface area contributed by atoms with Crippen molar-refractivity contribution in [3.63, 3.8) is 0 Å². The van der Waals surface area contributed by atoms with Gasteiger partial charge in [-0.05, 0) is 24.1 Å². The van der Waals surface area contributed by atoms with Gasteiger partial charge in [0, 0.05) is 0 Å². The number of aromatic nitrogens is 1. The summed E-state index contributed by atoms with van der Waals surface area (Å²) >= 11 is 1.41. The van der Waals surface area contributed by atoms with E-state index < -0.39 is 0 Å². The van der Waals surface area contributed by atoms with Gasteiger partial charge >= 0.3 is 0 Å². The van der Waals surface area contributed by atoms with Crippen molar-refractivity contribution in [3.8, 4) is 0 Å². The molecule has 0 spiro atoms. The molecule has 0 saturated heterocycles. The molecular formula is C9H9NOS. The molecule has 2 rings (SSSR count). The Morgan fingerprint density at radius 1 is 1.50 bits per heavy atom. The van der Waals surface area contributed by atoms with Crippen LogP contribution in [0.15, 0.2) is 23.0 Å². The predicted molar refractivity (Wildman–Crippen MR) is 51.8 cm³/mol. The normalized spacial score (nSPS) is 10.8. The van der Waals surface area contributed by atoms with E-state index in [0.29, 0.717) is 0 Å². The minimum Gasteiger partial charge on any atom is -0.277 e. The van der Waals surface area contributed by atoms with Crippen LogP contribution in [0, 0.1) is 0 Å². The largest absolute Gasteiger partial charge is 0.277 e. The summed E-state index contributed by atoms with van der Waals surface area (Å²) in [4.78, 5) is 11.1. The third-order valence-corrected chi connectivity index (χ3v) is 2.80. The Balaban J connectivity index is 2.77. The minimum atomic E-state index is 0.0256. The number of H-pyrrole nitrogens is 1. The molecule has 0 aliphatic carbocycles. The van der Waals surface area contributed by atoms with E-state index in [1.54, 1.807) is 0 Å². The van der Waals surface area contributed by atoms with Crippen molar-refractivity contribution in [2.45, 2.75) is 13.3 Å². The van der Waals surface area contributed by atoms with E-state index in [1.165, 1.54) is 17.1 Å². The fraction of sp³-hybridized carbons (Fsp3) is 0.222. The quantitative estimate of drug-likeness (QED) is 0.714. The smallest absolute Gasteiger partial charge is 0.265 e. The zero-order valence-corrected chi connectivity index (χ0v) is 7.57. The molecular weight excluding hydrogens is 170 g/mol. The van der Waals surface area contributed by atoms with E-state index >= 15 is 0 Å². The Morgan fingerprint density at radius 3 is 3.08 bits per heavy atom. The highest BCUT2D eigenvalue weighted by Gasteiger charge is 2.00. The molecule has 62 valence electrons. The fourth-order valence-electron chi connectivity index (χ4n) is 1.21. The number of nitrogens with one attached hydrogen (secondary N) is 1. The van der Waals surface area contributed by atoms with Crippen LogP contribution < -0.4 is 5.56 Å². The summed E-state index contributed by atoms with van der Waals surface area (Å²) in [5.41, 5.74) is 1.30. The molecule has 0 atom stereocenters. The number of rotatable bonds is 1. The highest BCUT2D eigenvalue weighted by molar-refractivity contribution is 7.13. The van der Waals surface area contributed by atoms with Crippen molar-refractivity contribution in [2.24, 2.45) is 0 Å². The first-order chi connectivity index (χ1) is 5.81. The van der Waals surface area contributed by atoms with Crippen LogP contribution in [-0.4, -0.2) is 4.37 Å². The molecule has 12 heavy (non-hydrogen) atoms. The molecule has 1 aromatic carbocycles. The number of fused-ring (bicyclic) bond motifs is 1. The van der Waals surface area contributed by atoms with Crippen LogP contribution in [0.4, 0.5) is 0 Å². The Kier molecular flexibility index (Phi) is 1.73. The van der Waals surface area contributed by atoms with Crippen molar-refractivity contribution in [1.29, 1.82) is 0 Å². The van der Waals surface area contributed by atoms with Crippen molar-refractivity contribution in [2.75, 3.05) is 0 Å². The standard InChI is InChI=1S/C9H9NOS/c1-2-6-3-4-7-8(5-6)12-10-9(7)11/h3-5H,2H2,1H3,(H,10,11). The molecule has 1 aromatic heterocycles. The van der Waals surface area contributed by atoms with Crippen LogP contribution in [-0.2, 0) is 6.42 Å². The van der Waals surface area contributed by atoms with Gasteiger partial charge in [0.1, 0.15) is 0 Å². The highest BCUT2D eigenvalue weighted by Crippen LogP contribution is 2.15. The van der Waals surface area contributed by atoms with Crippen molar-refractivity contribution in [1.82, 2.24) is 4.37 Å². The van der Waals surface area contributed by atoms with Gasteiger partial charge in [0.05, 0.1) is 10.1 Å². The van der Waals surface area contributed by atoms with Gasteiger partial charge in [0.15, 0.2) is 0 Å². The Bertz CT molecular complexity index is 455. The van der Waals surface area contributed by atoms with Crippen LogP contribution in [0.2, 0.25) is 0 Å². The molecule has 3 heteroatoms. The lowest BCUT2D eigenvalue weighted by atomic mass is 10.1. The molecule has 0 fully saturated rings. The SMILES string of the molecule is CCc1ccc2c(=O)[nH]sc2c1. The maximum atomic E-state index is 11.1. The van der Waals surface area contributed by atoms with Crippen LogP contribution in [0.5, 0.6) is 0 Å². The zero-order chi connectivity index (χ0) is 8.55. The minimum absolute atomic E-state index is 0.0256. The molecule has 0 bridgehead atoms. The molecule has 0 aliphatic rings. The Morgan fingerprint density at radius 2 is 2.33 bits per heavy atom. The first kappa shape index (κ1) is 7.55. The van der Waals surface area contributed by atoms with Crippen LogP contribution >= 0.6 is 11.5 Å². The number of hydrogen-bond acceptors (Lipinski definition) is 2. The van der Waals surface area contributed by atoms with Gasteiger partial charge in [-0.2, -0.15) is 0 Å². The second-order valence-corrected chi connectivity index (χ2v) is 3.57. The summed E-state index contributed by atoms with van der Waals surface area (Å²) in [6.45, 7) is 2.11. The van der Waals surface area contributed by atoms with Crippen LogP contribution in [0.1, 0.15) is 12.5 Å². The lowest BCUT2D eigenvalue weighted by molar-refractivity contribution is 1.15. The molecule has 2 nitrogen and oxygen atoms in total. The summed E-state index contributed by atoms with van der Waals surface area (Å²) in [7, 11) is 0. The third kappa shape index (κ3) is 1.06. The fourth-order valence-corrected chi connectivity index (χ4v) is 2.01. The molecule has 1 heterocycles. The second kappa shape index (κ2) is 2.75. The topological polar surface area (TPSA) is 32.9 Å². The Labute approximate surface area is 74.0 Å². The summed E-state index contributed by atoms with van der Waals surface area (Å²) in [5.74, 6) is 0. The lowest BCUT2D eigenvalue weighted by Gasteiger charge is -1.93. The van der Waals surface area contributed by atoms with E-state index in [2.05, 4.69) is 17.4 Å². The number of aromatic amines is 1. The van der Waals surface area contributed by atoms with Gasteiger partial charge < -0.3 is 0 Å². The molecule has 2 aromatic rings. The van der Waals surface area contributed by atoms with Gasteiger partial charge in [0.2, 0.25) is 0 Å². The van der Waals surface area contributed by atoms with Crippen LogP contribution in [0.3, 0.4) is 0 Å². The maximum Gasteiger partial charge on any atom is 0.265 e. The van der Waals surface area contributed by atoms with E-state index in [4.69, 9.17) is 0 Å². The third-order valence-electron chi connectivity index (χ3n) is 1.95. The van der Waals surface area contributed by atoms with E-state index in [0.717, 1.165) is 16.5 Å². The number of aryl methyl sites for hydroxylation is 1. The summed E-state index contributed by atoms with van der Waals surface area (Å²) < 4.78 is 3.77. The van der Waals surface area contributed by atoms with Gasteiger partial charge in [-0.25, -0.2) is 0 Å². The highest BCUT2D eigenvalue weighted by atomic mass is 32.1. The van der Waals surface area contributed by atoms with Crippen molar-refractivity contribution < 1.29 is 0 Å². The first-order valence-electron chi connectivity index (χ1n) is 3.91. The average molecular weight is 179 g/mol. The predicted octanol–water partition coefficient (Wildman–Crippen LogP) is 2.15. The number of hydrogen-bond donors (Lipinski definition) is 1. The summed E-state index contributed by atoms with van der Waals surface area (Å²) in [6, 6.07) is 5.96. The average Bonchev–Trinajstić information content (AvgIpc) is 2.47. The number of benzene rings is 1. The molecule has 0 aliphatic heterocycles. The van der Waals surface area contributed by atoms with Crippen molar-refractivity contribution in [3.05, 3.63) is 34.1 Å². The van der Waals surface area contributed by atoms with Gasteiger partial charge in [-0.15, -0.1) is 0 Å². The second-order valence-electron chi connectivity index (χ2n) is 2.72. The van der Waals surface area contributed by atoms with E-state index in [-0.39, 0.29) is 5.56 Å². The van der Waals surface area contributed by atoms with E-state index in [9.17, 15) is 4.79 Å². The molecule has 1 N–H and O–H groups in total. The van der Waals surface area contributed by atoms with Crippen molar-refractivity contribution >= 4 is 21.6 Å². The maximum absolute atomic E-state index is 11.1. The monoisotopic (exact) mass is 179 g/mol. The molecule has 0 unspecified atom stereocenters. The molecule has 0 saturated carbocycles.